The maximum atomic E-state index is 12.4. The molecule has 0 atom stereocenters. The van der Waals surface area contributed by atoms with E-state index in [2.05, 4.69) is 10.4 Å². The minimum atomic E-state index is -2.40. The summed E-state index contributed by atoms with van der Waals surface area (Å²) in [6, 6.07) is 9.05. The Hall–Kier alpha value is -1.56. The molecule has 0 aliphatic carbocycles. The van der Waals surface area contributed by atoms with E-state index in [1.165, 1.54) is 0 Å². The van der Waals surface area contributed by atoms with Gasteiger partial charge in [0, 0.05) is 42.5 Å². The molecule has 0 aliphatic rings. The Labute approximate surface area is 115 Å². The van der Waals surface area contributed by atoms with Crippen LogP contribution in [0.15, 0.2) is 41.4 Å². The molecular formula is C13H15F2N3S. The Bertz CT molecular complexity index is 528. The van der Waals surface area contributed by atoms with Crippen molar-refractivity contribution in [3.63, 3.8) is 0 Å². The van der Waals surface area contributed by atoms with Gasteiger partial charge in [-0.2, -0.15) is 13.9 Å². The van der Waals surface area contributed by atoms with Crippen molar-refractivity contribution >= 4 is 17.4 Å². The fraction of sp³-hybridized carbons (Fsp3) is 0.308. The van der Waals surface area contributed by atoms with Crippen molar-refractivity contribution in [2.24, 2.45) is 7.05 Å². The second-order valence-electron chi connectivity index (χ2n) is 4.00. The van der Waals surface area contributed by atoms with Crippen LogP contribution in [0, 0.1) is 0 Å². The first kappa shape index (κ1) is 13.9. The average molecular weight is 283 g/mol. The van der Waals surface area contributed by atoms with E-state index in [4.69, 9.17) is 0 Å². The number of para-hydroxylation sites is 1. The highest BCUT2D eigenvalue weighted by atomic mass is 32.2. The average Bonchev–Trinajstić information content (AvgIpc) is 2.77. The van der Waals surface area contributed by atoms with Crippen LogP contribution in [0.2, 0.25) is 0 Å². The van der Waals surface area contributed by atoms with Crippen LogP contribution in [0.4, 0.5) is 14.5 Å². The number of thioether (sulfide) groups is 1. The first-order chi connectivity index (χ1) is 9.16. The fourth-order valence-electron chi connectivity index (χ4n) is 1.78. The van der Waals surface area contributed by atoms with E-state index in [-0.39, 0.29) is 0 Å². The zero-order chi connectivity index (χ0) is 13.7. The van der Waals surface area contributed by atoms with Crippen LogP contribution in [-0.2, 0) is 13.5 Å². The standard InChI is InChI=1S/C13H15F2N3S/c1-18-10(7-9-17-18)6-8-16-11-4-2-3-5-12(11)19-13(14)15/h2-5,7,9,13,16H,6,8H2,1H3. The van der Waals surface area contributed by atoms with Crippen LogP contribution in [0.1, 0.15) is 5.69 Å². The molecule has 1 heterocycles. The van der Waals surface area contributed by atoms with Gasteiger partial charge in [-0.25, -0.2) is 0 Å². The number of hydrogen-bond acceptors (Lipinski definition) is 3. The van der Waals surface area contributed by atoms with Crippen LogP contribution < -0.4 is 5.32 Å². The summed E-state index contributed by atoms with van der Waals surface area (Å²) >= 11 is 0.563. The number of nitrogens with zero attached hydrogens (tertiary/aromatic N) is 2. The molecule has 19 heavy (non-hydrogen) atoms. The van der Waals surface area contributed by atoms with Crippen molar-refractivity contribution in [2.45, 2.75) is 17.1 Å². The lowest BCUT2D eigenvalue weighted by Gasteiger charge is -2.11. The Balaban J connectivity index is 1.94. The van der Waals surface area contributed by atoms with Crippen LogP contribution in [-0.4, -0.2) is 22.1 Å². The second-order valence-corrected chi connectivity index (χ2v) is 5.03. The highest BCUT2D eigenvalue weighted by Gasteiger charge is 2.09. The van der Waals surface area contributed by atoms with Crippen LogP contribution in [0.3, 0.4) is 0 Å². The Morgan fingerprint density at radius 2 is 2.11 bits per heavy atom. The molecule has 0 radical (unpaired) electrons. The Morgan fingerprint density at radius 1 is 1.32 bits per heavy atom. The quantitative estimate of drug-likeness (QED) is 0.824. The third-order valence-corrected chi connectivity index (χ3v) is 3.51. The monoisotopic (exact) mass is 283 g/mol. The number of alkyl halides is 2. The minimum absolute atomic E-state index is 0.563. The van der Waals surface area contributed by atoms with E-state index in [1.807, 2.05) is 29.9 Å². The van der Waals surface area contributed by atoms with Crippen LogP contribution in [0.25, 0.3) is 0 Å². The van der Waals surface area contributed by atoms with E-state index in [9.17, 15) is 8.78 Å². The number of hydrogen-bond donors (Lipinski definition) is 1. The number of halogens is 2. The van der Waals surface area contributed by atoms with Crippen molar-refractivity contribution in [3.05, 3.63) is 42.2 Å². The van der Waals surface area contributed by atoms with Gasteiger partial charge in [-0.3, -0.25) is 4.68 Å². The third kappa shape index (κ3) is 3.96. The number of anilines is 1. The summed E-state index contributed by atoms with van der Waals surface area (Å²) in [7, 11) is 1.88. The molecule has 1 N–H and O–H groups in total. The van der Waals surface area contributed by atoms with E-state index in [0.717, 1.165) is 17.8 Å². The first-order valence-corrected chi connectivity index (χ1v) is 6.79. The van der Waals surface area contributed by atoms with Gasteiger partial charge in [0.25, 0.3) is 5.76 Å². The zero-order valence-corrected chi connectivity index (χ0v) is 11.3. The summed E-state index contributed by atoms with van der Waals surface area (Å²) in [4.78, 5) is 0.572. The van der Waals surface area contributed by atoms with Gasteiger partial charge in [-0.1, -0.05) is 23.9 Å². The molecule has 0 amide bonds. The van der Waals surface area contributed by atoms with Gasteiger partial charge < -0.3 is 5.32 Å². The summed E-state index contributed by atoms with van der Waals surface area (Å²) in [5.74, 6) is -2.40. The van der Waals surface area contributed by atoms with Crippen LogP contribution >= 0.6 is 11.8 Å². The van der Waals surface area contributed by atoms with Crippen molar-refractivity contribution in [2.75, 3.05) is 11.9 Å². The summed E-state index contributed by atoms with van der Waals surface area (Å²) in [5.41, 5.74) is 1.85. The van der Waals surface area contributed by atoms with Crippen molar-refractivity contribution in [1.82, 2.24) is 9.78 Å². The van der Waals surface area contributed by atoms with Gasteiger partial charge in [0.2, 0.25) is 0 Å². The topological polar surface area (TPSA) is 29.9 Å². The van der Waals surface area contributed by atoms with Gasteiger partial charge in [-0.15, -0.1) is 0 Å². The van der Waals surface area contributed by atoms with Crippen LogP contribution in [0.5, 0.6) is 0 Å². The highest BCUT2D eigenvalue weighted by Crippen LogP contribution is 2.31. The van der Waals surface area contributed by atoms with E-state index < -0.39 is 5.76 Å². The molecule has 0 saturated carbocycles. The van der Waals surface area contributed by atoms with Crippen molar-refractivity contribution < 1.29 is 8.78 Å². The first-order valence-electron chi connectivity index (χ1n) is 5.91. The lowest BCUT2D eigenvalue weighted by Crippen LogP contribution is -2.09. The molecule has 0 saturated heterocycles. The number of aryl methyl sites for hydroxylation is 1. The van der Waals surface area contributed by atoms with E-state index >= 15 is 0 Å². The molecule has 0 spiro atoms. The maximum Gasteiger partial charge on any atom is 0.288 e. The molecule has 3 nitrogen and oxygen atoms in total. The molecule has 6 heteroatoms. The molecule has 2 aromatic rings. The molecule has 0 bridgehead atoms. The summed E-state index contributed by atoms with van der Waals surface area (Å²) in [6.07, 6.45) is 2.54. The fourth-order valence-corrected chi connectivity index (χ4v) is 2.40. The SMILES string of the molecule is Cn1nccc1CCNc1ccccc1SC(F)F. The highest BCUT2D eigenvalue weighted by molar-refractivity contribution is 7.99. The van der Waals surface area contributed by atoms with Crippen molar-refractivity contribution in [1.29, 1.82) is 0 Å². The smallest absolute Gasteiger partial charge is 0.288 e. The molecule has 0 aliphatic heterocycles. The third-order valence-electron chi connectivity index (χ3n) is 2.72. The number of nitrogens with one attached hydrogen (secondary N) is 1. The maximum absolute atomic E-state index is 12.4. The minimum Gasteiger partial charge on any atom is -0.384 e. The Kier molecular flexibility index (Phi) is 4.79. The summed E-state index contributed by atoms with van der Waals surface area (Å²) in [6.45, 7) is 0.681. The molecule has 102 valence electrons. The van der Waals surface area contributed by atoms with Gasteiger partial charge in [0.1, 0.15) is 0 Å². The summed E-state index contributed by atoms with van der Waals surface area (Å²) < 4.78 is 26.7. The lowest BCUT2D eigenvalue weighted by molar-refractivity contribution is 0.252. The largest absolute Gasteiger partial charge is 0.384 e. The van der Waals surface area contributed by atoms with Crippen molar-refractivity contribution in [3.8, 4) is 0 Å². The van der Waals surface area contributed by atoms with E-state index in [0.29, 0.717) is 23.2 Å². The molecule has 1 aromatic carbocycles. The summed E-state index contributed by atoms with van der Waals surface area (Å²) in [5, 5.41) is 7.27. The normalized spacial score (nSPS) is 10.9. The molecule has 0 unspecified atom stereocenters. The molecule has 1 aromatic heterocycles. The zero-order valence-electron chi connectivity index (χ0n) is 10.5. The number of rotatable bonds is 6. The number of aromatic nitrogens is 2. The predicted molar refractivity (Wildman–Crippen MR) is 73.7 cm³/mol. The Morgan fingerprint density at radius 3 is 2.79 bits per heavy atom. The predicted octanol–water partition coefficient (Wildman–Crippen LogP) is 3.39. The number of benzene rings is 1. The molecular weight excluding hydrogens is 268 g/mol. The van der Waals surface area contributed by atoms with Gasteiger partial charge >= 0.3 is 0 Å². The lowest BCUT2D eigenvalue weighted by atomic mass is 10.3. The molecule has 0 fully saturated rings. The molecule has 2 rings (SSSR count). The second kappa shape index (κ2) is 6.56. The van der Waals surface area contributed by atoms with Gasteiger partial charge in [-0.05, 0) is 18.2 Å². The van der Waals surface area contributed by atoms with Gasteiger partial charge in [0.15, 0.2) is 0 Å². The van der Waals surface area contributed by atoms with E-state index in [1.54, 1.807) is 18.3 Å². The van der Waals surface area contributed by atoms with Gasteiger partial charge in [0.05, 0.1) is 0 Å².